The van der Waals surface area contributed by atoms with E-state index in [1.165, 1.54) is 6.07 Å². The summed E-state index contributed by atoms with van der Waals surface area (Å²) in [6.07, 6.45) is -1.73. The first-order valence-corrected chi connectivity index (χ1v) is 4.93. The molecule has 2 heterocycles. The van der Waals surface area contributed by atoms with E-state index < -0.39 is 11.9 Å². The first-order chi connectivity index (χ1) is 7.97. The number of rotatable bonds is 1. The molecule has 0 bridgehead atoms. The quantitative estimate of drug-likeness (QED) is 0.760. The number of pyridine rings is 2. The third-order valence-corrected chi connectivity index (χ3v) is 2.30. The summed E-state index contributed by atoms with van der Waals surface area (Å²) in [5.74, 6) is 0. The Morgan fingerprint density at radius 2 is 1.76 bits per heavy atom. The zero-order valence-corrected chi connectivity index (χ0v) is 8.99. The largest absolute Gasteiger partial charge is 0.433 e. The maximum Gasteiger partial charge on any atom is 0.433 e. The lowest BCUT2D eigenvalue weighted by atomic mass is 10.1. The highest BCUT2D eigenvalue weighted by atomic mass is 19.4. The molecule has 0 unspecified atom stereocenters. The number of halogens is 3. The van der Waals surface area contributed by atoms with Crippen molar-refractivity contribution in [3.63, 3.8) is 0 Å². The van der Waals surface area contributed by atoms with Gasteiger partial charge in [0, 0.05) is 23.7 Å². The van der Waals surface area contributed by atoms with Gasteiger partial charge in [-0.3, -0.25) is 9.97 Å². The molecule has 0 radical (unpaired) electrons. The van der Waals surface area contributed by atoms with E-state index in [0.29, 0.717) is 11.1 Å². The van der Waals surface area contributed by atoms with Crippen LogP contribution in [-0.2, 0) is 6.18 Å². The zero-order chi connectivity index (χ0) is 12.5. The monoisotopic (exact) mass is 238 g/mol. The van der Waals surface area contributed by atoms with Crippen LogP contribution in [0.25, 0.3) is 11.1 Å². The third kappa shape index (κ3) is 2.61. The summed E-state index contributed by atoms with van der Waals surface area (Å²) in [7, 11) is 0. The predicted molar refractivity (Wildman–Crippen MR) is 57.2 cm³/mol. The maximum atomic E-state index is 12.5. The van der Waals surface area contributed by atoms with E-state index in [-0.39, 0.29) is 0 Å². The standard InChI is InChI=1S/C12H9F3N2/c1-8-2-3-10(7-17-8)9-4-5-16-11(6-9)12(13,14)15/h2-7H,1H3. The van der Waals surface area contributed by atoms with Crippen molar-refractivity contribution in [1.82, 2.24) is 9.97 Å². The number of hydrogen-bond acceptors (Lipinski definition) is 2. The molecular weight excluding hydrogens is 229 g/mol. The van der Waals surface area contributed by atoms with E-state index in [1.54, 1.807) is 18.3 Å². The van der Waals surface area contributed by atoms with Crippen LogP contribution in [0.4, 0.5) is 13.2 Å². The molecule has 0 aliphatic rings. The predicted octanol–water partition coefficient (Wildman–Crippen LogP) is 3.47. The molecular formula is C12H9F3N2. The van der Waals surface area contributed by atoms with Gasteiger partial charge in [0.05, 0.1) is 0 Å². The van der Waals surface area contributed by atoms with Crippen LogP contribution in [0.5, 0.6) is 0 Å². The lowest BCUT2D eigenvalue weighted by molar-refractivity contribution is -0.141. The van der Waals surface area contributed by atoms with Gasteiger partial charge in [0.2, 0.25) is 0 Å². The van der Waals surface area contributed by atoms with Gasteiger partial charge in [-0.15, -0.1) is 0 Å². The first kappa shape index (κ1) is 11.6. The molecule has 2 rings (SSSR count). The van der Waals surface area contributed by atoms with Gasteiger partial charge in [0.1, 0.15) is 5.69 Å². The fourth-order valence-corrected chi connectivity index (χ4v) is 1.40. The third-order valence-electron chi connectivity index (χ3n) is 2.30. The number of aromatic nitrogens is 2. The Morgan fingerprint density at radius 1 is 1.00 bits per heavy atom. The minimum atomic E-state index is -4.42. The van der Waals surface area contributed by atoms with E-state index in [9.17, 15) is 13.2 Å². The van der Waals surface area contributed by atoms with Crippen molar-refractivity contribution in [2.24, 2.45) is 0 Å². The molecule has 0 atom stereocenters. The van der Waals surface area contributed by atoms with Crippen LogP contribution in [-0.4, -0.2) is 9.97 Å². The molecule has 0 fully saturated rings. The van der Waals surface area contributed by atoms with Gasteiger partial charge in [-0.1, -0.05) is 6.07 Å². The topological polar surface area (TPSA) is 25.8 Å². The summed E-state index contributed by atoms with van der Waals surface area (Å²) < 4.78 is 37.4. The first-order valence-electron chi connectivity index (χ1n) is 4.93. The molecule has 2 nitrogen and oxygen atoms in total. The molecule has 0 aromatic carbocycles. The second-order valence-electron chi connectivity index (χ2n) is 3.62. The summed E-state index contributed by atoms with van der Waals surface area (Å²) in [6, 6.07) is 6.04. The summed E-state index contributed by atoms with van der Waals surface area (Å²) in [6.45, 7) is 1.82. The Hall–Kier alpha value is -1.91. The zero-order valence-electron chi connectivity index (χ0n) is 8.99. The van der Waals surface area contributed by atoms with Gasteiger partial charge in [-0.2, -0.15) is 13.2 Å². The molecule has 5 heteroatoms. The maximum absolute atomic E-state index is 12.5. The molecule has 0 saturated heterocycles. The van der Waals surface area contributed by atoms with Crippen LogP contribution in [0.15, 0.2) is 36.7 Å². The lowest BCUT2D eigenvalue weighted by Gasteiger charge is -2.07. The van der Waals surface area contributed by atoms with Gasteiger partial charge >= 0.3 is 6.18 Å². The summed E-state index contributed by atoms with van der Waals surface area (Å²) >= 11 is 0. The van der Waals surface area contributed by atoms with Gasteiger partial charge in [0.25, 0.3) is 0 Å². The lowest BCUT2D eigenvalue weighted by Crippen LogP contribution is -2.07. The molecule has 88 valence electrons. The normalized spacial score (nSPS) is 11.5. The van der Waals surface area contributed by atoms with Crippen molar-refractivity contribution < 1.29 is 13.2 Å². The number of alkyl halides is 3. The fraction of sp³-hybridized carbons (Fsp3) is 0.167. The van der Waals surface area contributed by atoms with Crippen LogP contribution >= 0.6 is 0 Å². The van der Waals surface area contributed by atoms with E-state index in [1.807, 2.05) is 6.92 Å². The molecule has 0 aliphatic carbocycles. The Kier molecular flexibility index (Phi) is 2.83. The van der Waals surface area contributed by atoms with Crippen LogP contribution in [0.1, 0.15) is 11.4 Å². The highest BCUT2D eigenvalue weighted by molar-refractivity contribution is 5.62. The van der Waals surface area contributed by atoms with Crippen LogP contribution in [0, 0.1) is 6.92 Å². The smallest absolute Gasteiger partial charge is 0.261 e. The molecule has 0 N–H and O–H groups in total. The number of hydrogen-bond donors (Lipinski definition) is 0. The summed E-state index contributed by atoms with van der Waals surface area (Å²) in [5, 5.41) is 0. The summed E-state index contributed by atoms with van der Waals surface area (Å²) in [4.78, 5) is 7.35. The second kappa shape index (κ2) is 4.16. The van der Waals surface area contributed by atoms with Crippen LogP contribution in [0.2, 0.25) is 0 Å². The van der Waals surface area contributed by atoms with Crippen molar-refractivity contribution in [2.75, 3.05) is 0 Å². The van der Waals surface area contributed by atoms with E-state index in [0.717, 1.165) is 18.0 Å². The average molecular weight is 238 g/mol. The number of aryl methyl sites for hydroxylation is 1. The van der Waals surface area contributed by atoms with Gasteiger partial charge in [-0.05, 0) is 30.7 Å². The SMILES string of the molecule is Cc1ccc(-c2ccnc(C(F)(F)F)c2)cn1. The van der Waals surface area contributed by atoms with Crippen molar-refractivity contribution >= 4 is 0 Å². The Labute approximate surface area is 96.2 Å². The van der Waals surface area contributed by atoms with Gasteiger partial charge < -0.3 is 0 Å². The molecule has 17 heavy (non-hydrogen) atoms. The Balaban J connectivity index is 2.43. The molecule has 2 aromatic rings. The van der Waals surface area contributed by atoms with E-state index >= 15 is 0 Å². The molecule has 0 saturated carbocycles. The second-order valence-corrected chi connectivity index (χ2v) is 3.62. The van der Waals surface area contributed by atoms with E-state index in [4.69, 9.17) is 0 Å². The van der Waals surface area contributed by atoms with E-state index in [2.05, 4.69) is 9.97 Å². The van der Waals surface area contributed by atoms with Crippen molar-refractivity contribution in [1.29, 1.82) is 0 Å². The summed E-state index contributed by atoms with van der Waals surface area (Å²) in [5.41, 5.74) is 1.03. The molecule has 0 aliphatic heterocycles. The minimum absolute atomic E-state index is 0.458. The molecule has 0 spiro atoms. The fourth-order valence-electron chi connectivity index (χ4n) is 1.40. The van der Waals surface area contributed by atoms with Crippen molar-refractivity contribution in [2.45, 2.75) is 13.1 Å². The highest BCUT2D eigenvalue weighted by Crippen LogP contribution is 2.30. The molecule has 0 amide bonds. The van der Waals surface area contributed by atoms with Gasteiger partial charge in [0.15, 0.2) is 0 Å². The Bertz CT molecular complexity index is 518. The van der Waals surface area contributed by atoms with Gasteiger partial charge in [-0.25, -0.2) is 0 Å². The van der Waals surface area contributed by atoms with Crippen LogP contribution < -0.4 is 0 Å². The highest BCUT2D eigenvalue weighted by Gasteiger charge is 2.32. The van der Waals surface area contributed by atoms with Crippen molar-refractivity contribution in [3.05, 3.63) is 48.0 Å². The molecule has 2 aromatic heterocycles. The Morgan fingerprint density at radius 3 is 2.35 bits per heavy atom. The van der Waals surface area contributed by atoms with Crippen molar-refractivity contribution in [3.8, 4) is 11.1 Å². The minimum Gasteiger partial charge on any atom is -0.261 e. The number of nitrogens with zero attached hydrogens (tertiary/aromatic N) is 2. The average Bonchev–Trinajstić information content (AvgIpc) is 2.29. The van der Waals surface area contributed by atoms with Crippen LogP contribution in [0.3, 0.4) is 0 Å².